The van der Waals surface area contributed by atoms with Crippen molar-refractivity contribution in [2.75, 3.05) is 4.90 Å². The maximum atomic E-state index is 6.62. The van der Waals surface area contributed by atoms with Crippen LogP contribution < -0.4 is 15.3 Å². The molecule has 1 aliphatic rings. The second kappa shape index (κ2) is 14.9. The Morgan fingerprint density at radius 3 is 1.45 bits per heavy atom. The molecule has 0 radical (unpaired) electrons. The van der Waals surface area contributed by atoms with E-state index in [1.807, 2.05) is 12.1 Å². The fourth-order valence-corrected chi connectivity index (χ4v) is 13.9. The average Bonchev–Trinajstić information content (AvgIpc) is 4.02. The van der Waals surface area contributed by atoms with E-state index in [4.69, 9.17) is 8.83 Å². The van der Waals surface area contributed by atoms with Crippen LogP contribution in [-0.4, -0.2) is 8.07 Å². The predicted molar refractivity (Wildman–Crippen MR) is 280 cm³/mol. The summed E-state index contributed by atoms with van der Waals surface area (Å²) in [5.74, 6) is 0. The summed E-state index contributed by atoms with van der Waals surface area (Å²) >= 11 is 0. The standard InChI is InChI=1S/C62H43NO2Si/c1-66(2)57-28-16-12-22-46(57)51-39-44(33-38-58(51)66)63(52-25-13-9-21-45(52)40-17-5-3-6-18-40)43-31-29-42(30-32-43)60-48(35-37-56-62(60)50-24-11-15-27-54(50)65-56)47-34-36-55-61(49-23-10-14-26-53(49)64-55)59(47)41-19-7-4-8-20-41/h3-39H,1-2H3. The highest BCUT2D eigenvalue weighted by Gasteiger charge is 2.37. The second-order valence-corrected chi connectivity index (χ2v) is 22.3. The lowest BCUT2D eigenvalue weighted by Crippen LogP contribution is -2.49. The van der Waals surface area contributed by atoms with Crippen molar-refractivity contribution >= 4 is 79.4 Å². The van der Waals surface area contributed by atoms with Gasteiger partial charge in [0.1, 0.15) is 30.4 Å². The third-order valence-electron chi connectivity index (χ3n) is 13.9. The van der Waals surface area contributed by atoms with Crippen LogP contribution >= 0.6 is 0 Å². The van der Waals surface area contributed by atoms with Gasteiger partial charge in [-0.25, -0.2) is 0 Å². The molecule has 0 atom stereocenters. The Kier molecular flexibility index (Phi) is 8.67. The summed E-state index contributed by atoms with van der Waals surface area (Å²) < 4.78 is 13.1. The van der Waals surface area contributed by atoms with Gasteiger partial charge in [-0.15, -0.1) is 0 Å². The van der Waals surface area contributed by atoms with Crippen LogP contribution in [0.25, 0.3) is 99.5 Å². The lowest BCUT2D eigenvalue weighted by Gasteiger charge is -2.29. The van der Waals surface area contributed by atoms with Crippen molar-refractivity contribution in [3.63, 3.8) is 0 Å². The van der Waals surface area contributed by atoms with Crippen molar-refractivity contribution in [2.45, 2.75) is 13.1 Å². The van der Waals surface area contributed by atoms with Crippen LogP contribution in [0.15, 0.2) is 233 Å². The van der Waals surface area contributed by atoms with Crippen molar-refractivity contribution in [2.24, 2.45) is 0 Å². The molecule has 0 bridgehead atoms. The van der Waals surface area contributed by atoms with Gasteiger partial charge in [-0.2, -0.15) is 0 Å². The molecule has 0 unspecified atom stereocenters. The van der Waals surface area contributed by atoms with Crippen molar-refractivity contribution in [1.29, 1.82) is 0 Å². The van der Waals surface area contributed by atoms with Gasteiger partial charge in [-0.1, -0.05) is 171 Å². The first-order valence-corrected chi connectivity index (χ1v) is 25.7. The van der Waals surface area contributed by atoms with Crippen LogP contribution in [0.3, 0.4) is 0 Å². The quantitative estimate of drug-likeness (QED) is 0.150. The van der Waals surface area contributed by atoms with Gasteiger partial charge in [0, 0.05) is 49.6 Å². The minimum atomic E-state index is -1.86. The van der Waals surface area contributed by atoms with Crippen LogP contribution in [0, 0.1) is 0 Å². The van der Waals surface area contributed by atoms with Crippen molar-refractivity contribution in [3.05, 3.63) is 224 Å². The van der Waals surface area contributed by atoms with Crippen molar-refractivity contribution in [1.82, 2.24) is 0 Å². The lowest BCUT2D eigenvalue weighted by atomic mass is 9.85. The Morgan fingerprint density at radius 1 is 0.333 bits per heavy atom. The Balaban J connectivity index is 1.05. The van der Waals surface area contributed by atoms with Crippen LogP contribution in [0.4, 0.5) is 17.1 Å². The SMILES string of the molecule is C[Si]1(C)c2ccccc2-c2cc(N(c3ccc(-c4c(-c5ccc6oc7ccccc7c6c5-c5ccccc5)ccc5oc6ccccc6c45)cc3)c3ccccc3-c3ccccc3)ccc21. The average molecular weight is 862 g/mol. The molecule has 312 valence electrons. The first kappa shape index (κ1) is 38.3. The van der Waals surface area contributed by atoms with E-state index < -0.39 is 8.07 Å². The molecule has 0 amide bonds. The largest absolute Gasteiger partial charge is 0.456 e. The van der Waals surface area contributed by atoms with Crippen LogP contribution in [0.5, 0.6) is 0 Å². The molecule has 0 aliphatic carbocycles. The Bertz CT molecular complexity index is 3840. The molecule has 3 nitrogen and oxygen atoms in total. The summed E-state index contributed by atoms with van der Waals surface area (Å²) in [6.45, 7) is 4.96. The van der Waals surface area contributed by atoms with Gasteiger partial charge in [-0.05, 0) is 116 Å². The molecule has 10 aromatic carbocycles. The predicted octanol–water partition coefficient (Wildman–Crippen LogP) is 16.4. The van der Waals surface area contributed by atoms with Gasteiger partial charge in [-0.3, -0.25) is 0 Å². The van der Waals surface area contributed by atoms with E-state index in [-0.39, 0.29) is 0 Å². The van der Waals surface area contributed by atoms with Crippen molar-refractivity contribution < 1.29 is 8.83 Å². The number of anilines is 3. The summed E-state index contributed by atoms with van der Waals surface area (Å²) in [5, 5.41) is 7.40. The van der Waals surface area contributed by atoms with Gasteiger partial charge >= 0.3 is 0 Å². The zero-order valence-corrected chi connectivity index (χ0v) is 37.6. The van der Waals surface area contributed by atoms with Gasteiger partial charge in [0.2, 0.25) is 0 Å². The van der Waals surface area contributed by atoms with Gasteiger partial charge < -0.3 is 13.7 Å². The molecule has 0 fully saturated rings. The fourth-order valence-electron chi connectivity index (χ4n) is 10.9. The molecule has 66 heavy (non-hydrogen) atoms. The van der Waals surface area contributed by atoms with E-state index in [9.17, 15) is 0 Å². The zero-order valence-electron chi connectivity index (χ0n) is 36.6. The van der Waals surface area contributed by atoms with E-state index in [0.29, 0.717) is 0 Å². The van der Waals surface area contributed by atoms with E-state index >= 15 is 0 Å². The van der Waals surface area contributed by atoms with Gasteiger partial charge in [0.15, 0.2) is 0 Å². The highest BCUT2D eigenvalue weighted by atomic mass is 28.3. The van der Waals surface area contributed by atoms with Crippen LogP contribution in [0.2, 0.25) is 13.1 Å². The smallest absolute Gasteiger partial charge is 0.136 e. The fraction of sp³-hybridized carbons (Fsp3) is 0.0323. The number of hydrogen-bond acceptors (Lipinski definition) is 3. The number of furan rings is 2. The summed E-state index contributed by atoms with van der Waals surface area (Å²) in [4.78, 5) is 2.45. The number of rotatable bonds is 7. The molecule has 0 spiro atoms. The van der Waals surface area contributed by atoms with Crippen molar-refractivity contribution in [3.8, 4) is 55.6 Å². The molecule has 12 aromatic rings. The van der Waals surface area contributed by atoms with Gasteiger partial charge in [0.25, 0.3) is 0 Å². The Labute approximate surface area is 384 Å². The third kappa shape index (κ3) is 5.89. The molecule has 3 heterocycles. The highest BCUT2D eigenvalue weighted by molar-refractivity contribution is 7.03. The number of hydrogen-bond donors (Lipinski definition) is 0. The molecule has 0 saturated heterocycles. The molecular formula is C62H43NO2Si. The van der Waals surface area contributed by atoms with E-state index in [1.54, 1.807) is 0 Å². The summed E-state index contributed by atoms with van der Waals surface area (Å²) in [6, 6.07) is 81.3. The number of para-hydroxylation sites is 3. The molecule has 1 aliphatic heterocycles. The maximum absolute atomic E-state index is 6.62. The second-order valence-electron chi connectivity index (χ2n) is 18.0. The first-order chi connectivity index (χ1) is 32.5. The van der Waals surface area contributed by atoms with E-state index in [1.165, 1.54) is 32.6 Å². The molecule has 4 heteroatoms. The summed E-state index contributed by atoms with van der Waals surface area (Å²) in [5.41, 5.74) is 18.6. The number of benzene rings is 10. The topological polar surface area (TPSA) is 29.5 Å². The van der Waals surface area contributed by atoms with Crippen LogP contribution in [0.1, 0.15) is 0 Å². The zero-order chi connectivity index (χ0) is 43.9. The molecule has 2 aromatic heterocycles. The lowest BCUT2D eigenvalue weighted by molar-refractivity contribution is 0.668. The third-order valence-corrected chi connectivity index (χ3v) is 17.5. The molecular weight excluding hydrogens is 819 g/mol. The Morgan fingerprint density at radius 2 is 0.818 bits per heavy atom. The summed E-state index contributed by atoms with van der Waals surface area (Å²) in [6.07, 6.45) is 0. The Hall–Kier alpha value is -8.18. The van der Waals surface area contributed by atoms with E-state index in [2.05, 4.69) is 230 Å². The maximum Gasteiger partial charge on any atom is 0.136 e. The van der Waals surface area contributed by atoms with Gasteiger partial charge in [0.05, 0.1) is 5.69 Å². The van der Waals surface area contributed by atoms with Crippen LogP contribution in [-0.2, 0) is 0 Å². The summed E-state index contributed by atoms with van der Waals surface area (Å²) in [7, 11) is -1.86. The molecule has 0 N–H and O–H groups in total. The highest BCUT2D eigenvalue weighted by Crippen LogP contribution is 2.50. The normalized spacial score (nSPS) is 12.8. The minimum Gasteiger partial charge on any atom is -0.456 e. The number of fused-ring (bicyclic) bond motifs is 9. The number of nitrogens with zero attached hydrogens (tertiary/aromatic N) is 1. The molecule has 13 rings (SSSR count). The first-order valence-electron chi connectivity index (χ1n) is 22.7. The molecule has 0 saturated carbocycles. The monoisotopic (exact) mass is 861 g/mol. The van der Waals surface area contributed by atoms with E-state index in [0.717, 1.165) is 94.3 Å². The minimum absolute atomic E-state index is 0.860.